The average Bonchev–Trinajstić information content (AvgIpc) is 3.05. The number of aromatic nitrogens is 2. The molecule has 1 aromatic carbocycles. The van der Waals surface area contributed by atoms with E-state index in [1.807, 2.05) is 11.9 Å². The summed E-state index contributed by atoms with van der Waals surface area (Å²) in [6, 6.07) is 2.63. The van der Waals surface area contributed by atoms with Crippen LogP contribution in [0.5, 0.6) is 0 Å². The summed E-state index contributed by atoms with van der Waals surface area (Å²) in [4.78, 5) is 14.6. The number of aromatic amines is 1. The molecular formula is C18H17F5N4O. The maximum atomic E-state index is 13.4. The number of H-pyrrole nitrogens is 1. The van der Waals surface area contributed by atoms with E-state index in [1.54, 1.807) is 0 Å². The Bertz CT molecular complexity index is 937. The number of nitrogens with one attached hydrogen (secondary N) is 2. The molecule has 150 valence electrons. The summed E-state index contributed by atoms with van der Waals surface area (Å²) in [6.07, 6.45) is -4.54. The molecule has 0 bridgehead atoms. The van der Waals surface area contributed by atoms with Gasteiger partial charge < -0.3 is 10.2 Å². The summed E-state index contributed by atoms with van der Waals surface area (Å²) in [5.74, 6) is -4.96. The van der Waals surface area contributed by atoms with Crippen LogP contribution >= 0.6 is 0 Å². The lowest BCUT2D eigenvalue weighted by Gasteiger charge is -2.22. The van der Waals surface area contributed by atoms with Gasteiger partial charge in [0.2, 0.25) is 0 Å². The highest BCUT2D eigenvalue weighted by molar-refractivity contribution is 6.04. The first-order valence-electron chi connectivity index (χ1n) is 8.70. The van der Waals surface area contributed by atoms with Crippen molar-refractivity contribution < 1.29 is 26.7 Å². The zero-order valence-electron chi connectivity index (χ0n) is 14.8. The lowest BCUT2D eigenvalue weighted by Crippen LogP contribution is -2.27. The second-order valence-electron chi connectivity index (χ2n) is 7.33. The minimum Gasteiger partial charge on any atom is -0.321 e. The van der Waals surface area contributed by atoms with Crippen molar-refractivity contribution in [2.45, 2.75) is 37.4 Å². The number of carbonyl (C=O) groups excluding carboxylic acids is 1. The zero-order chi connectivity index (χ0) is 20.3. The maximum Gasteiger partial charge on any atom is 0.416 e. The fourth-order valence-corrected chi connectivity index (χ4v) is 3.47. The SMILES string of the molecule is CN1CCc2[nH]nc(C(=O)Nc3cc(C4CC4(F)F)cc(C(F)(F)F)c3)c2C1. The highest BCUT2D eigenvalue weighted by Gasteiger charge is 2.57. The lowest BCUT2D eigenvalue weighted by molar-refractivity contribution is -0.137. The topological polar surface area (TPSA) is 61.0 Å². The molecular weight excluding hydrogens is 383 g/mol. The first-order chi connectivity index (χ1) is 13.0. The fraction of sp³-hybridized carbons (Fsp3) is 0.444. The van der Waals surface area contributed by atoms with Crippen LogP contribution in [0.25, 0.3) is 0 Å². The van der Waals surface area contributed by atoms with Crippen molar-refractivity contribution in [3.63, 3.8) is 0 Å². The van der Waals surface area contributed by atoms with Crippen LogP contribution in [0, 0.1) is 0 Å². The molecule has 2 aromatic rings. The number of rotatable bonds is 3. The first-order valence-corrected chi connectivity index (χ1v) is 8.70. The van der Waals surface area contributed by atoms with Crippen molar-refractivity contribution in [2.24, 2.45) is 0 Å². The Morgan fingerprint density at radius 3 is 2.68 bits per heavy atom. The standard InChI is InChI=1S/C18H17F5N4O/c1-27-3-2-14-12(8-27)15(26-25-14)16(28)24-11-5-9(13-7-17(13,19)20)4-10(6-11)18(21,22)23/h4-6,13H,2-3,7-8H2,1H3,(H,24,28)(H,25,26). The molecule has 2 aliphatic rings. The van der Waals surface area contributed by atoms with E-state index in [-0.39, 0.29) is 16.9 Å². The van der Waals surface area contributed by atoms with E-state index in [0.717, 1.165) is 18.3 Å². The highest BCUT2D eigenvalue weighted by atomic mass is 19.4. The van der Waals surface area contributed by atoms with Gasteiger partial charge >= 0.3 is 6.18 Å². The number of nitrogens with zero attached hydrogens (tertiary/aromatic N) is 2. The predicted octanol–water partition coefficient (Wildman–Crippen LogP) is 3.79. The fourth-order valence-electron chi connectivity index (χ4n) is 3.47. The monoisotopic (exact) mass is 400 g/mol. The third-order valence-corrected chi connectivity index (χ3v) is 5.11. The summed E-state index contributed by atoms with van der Waals surface area (Å²) in [7, 11) is 1.88. The van der Waals surface area contributed by atoms with Gasteiger partial charge in [-0.05, 0) is 30.8 Å². The summed E-state index contributed by atoms with van der Waals surface area (Å²) in [6.45, 7) is 1.28. The lowest BCUT2D eigenvalue weighted by atomic mass is 10.0. The molecule has 1 amide bonds. The van der Waals surface area contributed by atoms with Crippen molar-refractivity contribution in [1.29, 1.82) is 0 Å². The summed E-state index contributed by atoms with van der Waals surface area (Å²) in [5.41, 5.74) is 0.194. The van der Waals surface area contributed by atoms with E-state index in [4.69, 9.17) is 0 Å². The Balaban J connectivity index is 1.63. The molecule has 0 radical (unpaired) electrons. The van der Waals surface area contributed by atoms with Crippen LogP contribution in [-0.2, 0) is 19.1 Å². The molecule has 1 fully saturated rings. The molecule has 5 nitrogen and oxygen atoms in total. The highest BCUT2D eigenvalue weighted by Crippen LogP contribution is 2.56. The molecule has 1 aliphatic heterocycles. The number of alkyl halides is 5. The van der Waals surface area contributed by atoms with Gasteiger partial charge in [-0.15, -0.1) is 0 Å². The first kappa shape index (κ1) is 18.9. The van der Waals surface area contributed by atoms with Crippen LogP contribution in [0.15, 0.2) is 18.2 Å². The number of likely N-dealkylation sites (N-methyl/N-ethyl adjacent to an activating group) is 1. The van der Waals surface area contributed by atoms with Gasteiger partial charge in [-0.3, -0.25) is 9.89 Å². The van der Waals surface area contributed by atoms with Gasteiger partial charge in [0.1, 0.15) is 0 Å². The number of benzene rings is 1. The number of fused-ring (bicyclic) bond motifs is 1. The Kier molecular flexibility index (Phi) is 4.22. The summed E-state index contributed by atoms with van der Waals surface area (Å²) in [5, 5.41) is 9.16. The third kappa shape index (κ3) is 3.48. The predicted molar refractivity (Wildman–Crippen MR) is 90.3 cm³/mol. The Morgan fingerprint density at radius 2 is 2.04 bits per heavy atom. The smallest absolute Gasteiger partial charge is 0.321 e. The van der Waals surface area contributed by atoms with E-state index in [1.165, 1.54) is 6.07 Å². The van der Waals surface area contributed by atoms with Crippen LogP contribution < -0.4 is 5.32 Å². The van der Waals surface area contributed by atoms with Gasteiger partial charge in [-0.25, -0.2) is 8.78 Å². The number of carbonyl (C=O) groups is 1. The molecule has 1 unspecified atom stereocenters. The van der Waals surface area contributed by atoms with Crippen molar-refractivity contribution in [1.82, 2.24) is 15.1 Å². The molecule has 1 aliphatic carbocycles. The number of halogens is 5. The van der Waals surface area contributed by atoms with Crippen LogP contribution in [0.1, 0.15) is 45.2 Å². The Labute approximate surface area is 156 Å². The van der Waals surface area contributed by atoms with E-state index in [9.17, 15) is 26.7 Å². The van der Waals surface area contributed by atoms with Crippen molar-refractivity contribution >= 4 is 11.6 Å². The molecule has 1 saturated carbocycles. The zero-order valence-corrected chi connectivity index (χ0v) is 14.8. The quantitative estimate of drug-likeness (QED) is 0.771. The normalized spacial score (nSPS) is 21.3. The number of anilines is 1. The van der Waals surface area contributed by atoms with Gasteiger partial charge in [-0.2, -0.15) is 18.3 Å². The molecule has 0 spiro atoms. The van der Waals surface area contributed by atoms with Crippen molar-refractivity contribution in [2.75, 3.05) is 18.9 Å². The van der Waals surface area contributed by atoms with Crippen molar-refractivity contribution in [3.8, 4) is 0 Å². The molecule has 0 saturated heterocycles. The number of hydrogen-bond acceptors (Lipinski definition) is 3. The molecule has 2 heterocycles. The van der Waals surface area contributed by atoms with Crippen LogP contribution in [0.2, 0.25) is 0 Å². The van der Waals surface area contributed by atoms with Gasteiger partial charge in [-0.1, -0.05) is 0 Å². The van der Waals surface area contributed by atoms with Gasteiger partial charge in [0.15, 0.2) is 5.69 Å². The van der Waals surface area contributed by atoms with Crippen LogP contribution in [-0.4, -0.2) is 40.5 Å². The number of hydrogen-bond donors (Lipinski definition) is 2. The van der Waals surface area contributed by atoms with Gasteiger partial charge in [0, 0.05) is 42.9 Å². The second-order valence-corrected chi connectivity index (χ2v) is 7.33. The number of amides is 1. The Morgan fingerprint density at radius 1 is 1.32 bits per heavy atom. The largest absolute Gasteiger partial charge is 0.416 e. The molecule has 28 heavy (non-hydrogen) atoms. The van der Waals surface area contributed by atoms with Crippen LogP contribution in [0.3, 0.4) is 0 Å². The molecule has 1 aromatic heterocycles. The van der Waals surface area contributed by atoms with Crippen molar-refractivity contribution in [3.05, 3.63) is 46.3 Å². The molecule has 10 heteroatoms. The minimum atomic E-state index is -4.71. The van der Waals surface area contributed by atoms with Crippen LogP contribution in [0.4, 0.5) is 27.6 Å². The van der Waals surface area contributed by atoms with E-state index in [2.05, 4.69) is 15.5 Å². The minimum absolute atomic E-state index is 0.0947. The van der Waals surface area contributed by atoms with Gasteiger partial charge in [0.05, 0.1) is 11.5 Å². The Hall–Kier alpha value is -2.49. The summed E-state index contributed by atoms with van der Waals surface area (Å²) < 4.78 is 66.3. The molecule has 2 N–H and O–H groups in total. The van der Waals surface area contributed by atoms with E-state index < -0.39 is 35.9 Å². The summed E-state index contributed by atoms with van der Waals surface area (Å²) >= 11 is 0. The molecule has 4 rings (SSSR count). The second kappa shape index (κ2) is 6.26. The van der Waals surface area contributed by atoms with E-state index in [0.29, 0.717) is 24.6 Å². The molecule has 1 atom stereocenters. The average molecular weight is 400 g/mol. The maximum absolute atomic E-state index is 13.4. The third-order valence-electron chi connectivity index (χ3n) is 5.11. The van der Waals surface area contributed by atoms with Gasteiger partial charge in [0.25, 0.3) is 11.8 Å². The van der Waals surface area contributed by atoms with E-state index >= 15 is 0 Å².